The zero-order valence-electron chi connectivity index (χ0n) is 20.6. The van der Waals surface area contributed by atoms with Crippen molar-refractivity contribution in [2.45, 2.75) is 45.1 Å². The molecule has 0 radical (unpaired) electrons. The first kappa shape index (κ1) is 24.3. The lowest BCUT2D eigenvalue weighted by atomic mass is 9.85. The van der Waals surface area contributed by atoms with Crippen molar-refractivity contribution in [1.82, 2.24) is 0 Å². The number of carbonyl (C=O) groups is 2. The van der Waals surface area contributed by atoms with E-state index in [-0.39, 0.29) is 23.2 Å². The molecular formula is C30H31NO4. The van der Waals surface area contributed by atoms with Crippen molar-refractivity contribution in [1.29, 1.82) is 0 Å². The highest BCUT2D eigenvalue weighted by Crippen LogP contribution is 2.42. The Kier molecular flexibility index (Phi) is 6.79. The third kappa shape index (κ3) is 4.99. The highest BCUT2D eigenvalue weighted by molar-refractivity contribution is 6.16. The number of hydrogen-bond acceptors (Lipinski definition) is 4. The molecule has 0 saturated heterocycles. The topological polar surface area (TPSA) is 66.8 Å². The Bertz CT molecular complexity index is 1250. The van der Waals surface area contributed by atoms with Gasteiger partial charge in [-0.15, -0.1) is 0 Å². The number of ether oxygens (including phenoxy) is 1. The molecule has 1 N–H and O–H groups in total. The lowest BCUT2D eigenvalue weighted by Crippen LogP contribution is -2.31. The molecule has 5 nitrogen and oxygen atoms in total. The lowest BCUT2D eigenvalue weighted by Gasteiger charge is -2.28. The van der Waals surface area contributed by atoms with Gasteiger partial charge in [0, 0.05) is 18.2 Å². The van der Waals surface area contributed by atoms with Crippen LogP contribution in [0.4, 0.5) is 5.69 Å². The molecule has 1 aliphatic heterocycles. The molecule has 180 valence electrons. The minimum absolute atomic E-state index is 0.0389. The number of aliphatic hydroxyl groups is 1. The predicted octanol–water partition coefficient (Wildman–Crippen LogP) is 6.09. The quantitative estimate of drug-likeness (QED) is 0.454. The van der Waals surface area contributed by atoms with Gasteiger partial charge in [-0.2, -0.15) is 0 Å². The first-order chi connectivity index (χ1) is 16.7. The number of ketones is 1. The fourth-order valence-corrected chi connectivity index (χ4v) is 4.43. The lowest BCUT2D eigenvalue weighted by molar-refractivity contribution is -0.118. The fourth-order valence-electron chi connectivity index (χ4n) is 4.43. The van der Waals surface area contributed by atoms with Crippen LogP contribution in [-0.4, -0.2) is 23.9 Å². The molecule has 0 aromatic heterocycles. The van der Waals surface area contributed by atoms with Crippen LogP contribution >= 0.6 is 0 Å². The van der Waals surface area contributed by atoms with Crippen LogP contribution < -0.4 is 9.64 Å². The van der Waals surface area contributed by atoms with Gasteiger partial charge in [-0.05, 0) is 40.7 Å². The molecule has 0 spiro atoms. The van der Waals surface area contributed by atoms with Crippen molar-refractivity contribution in [3.63, 3.8) is 0 Å². The van der Waals surface area contributed by atoms with Gasteiger partial charge >= 0.3 is 0 Å². The van der Waals surface area contributed by atoms with Crippen LogP contribution in [0.1, 0.15) is 49.9 Å². The fraction of sp³-hybridized carbons (Fsp3) is 0.267. The number of amides is 1. The third-order valence-electron chi connectivity index (χ3n) is 6.42. The first-order valence-electron chi connectivity index (χ1n) is 11.8. The summed E-state index contributed by atoms with van der Waals surface area (Å²) >= 11 is 0. The van der Waals surface area contributed by atoms with E-state index in [2.05, 4.69) is 20.8 Å². The van der Waals surface area contributed by atoms with Gasteiger partial charge in [0.2, 0.25) is 0 Å². The number of benzene rings is 3. The molecule has 1 amide bonds. The molecule has 35 heavy (non-hydrogen) atoms. The Morgan fingerprint density at radius 1 is 0.971 bits per heavy atom. The van der Waals surface area contributed by atoms with E-state index in [0.717, 1.165) is 16.7 Å². The van der Waals surface area contributed by atoms with E-state index in [9.17, 15) is 14.7 Å². The molecule has 1 heterocycles. The first-order valence-corrected chi connectivity index (χ1v) is 11.8. The summed E-state index contributed by atoms with van der Waals surface area (Å²) in [6.07, 6.45) is 0.721. The SMILES string of the molecule is COc1cccc(N2C(=O)C(O)=C(C(=O)CCc3ccccc3)C2c2ccc(C(C)(C)C)cc2)c1. The van der Waals surface area contributed by atoms with Crippen molar-refractivity contribution in [3.8, 4) is 5.75 Å². The third-order valence-corrected chi connectivity index (χ3v) is 6.42. The Balaban J connectivity index is 1.75. The van der Waals surface area contributed by atoms with Crippen LogP contribution in [-0.2, 0) is 21.4 Å². The summed E-state index contributed by atoms with van der Waals surface area (Å²) < 4.78 is 5.35. The standard InChI is InChI=1S/C30H31NO4/c1-30(2,3)22-16-14-21(15-17-22)27-26(25(32)18-13-20-9-6-5-7-10-20)28(33)29(34)31(27)23-11-8-12-24(19-23)35-4/h5-12,14-17,19,27,33H,13,18H2,1-4H3. The van der Waals surface area contributed by atoms with Crippen LogP contribution in [0.5, 0.6) is 5.75 Å². The number of nitrogens with zero attached hydrogens (tertiary/aromatic N) is 1. The van der Waals surface area contributed by atoms with E-state index in [1.165, 1.54) is 4.90 Å². The maximum Gasteiger partial charge on any atom is 0.294 e. The van der Waals surface area contributed by atoms with Crippen molar-refractivity contribution in [2.75, 3.05) is 12.0 Å². The number of Topliss-reactive ketones (excluding diaryl/α,β-unsaturated/α-hetero) is 1. The molecule has 3 aromatic carbocycles. The zero-order chi connectivity index (χ0) is 25.2. The molecule has 1 aliphatic rings. The average Bonchev–Trinajstić information content (AvgIpc) is 3.13. The van der Waals surface area contributed by atoms with Gasteiger partial charge in [0.1, 0.15) is 5.75 Å². The van der Waals surface area contributed by atoms with Gasteiger partial charge in [0.25, 0.3) is 5.91 Å². The predicted molar refractivity (Wildman–Crippen MR) is 138 cm³/mol. The van der Waals surface area contributed by atoms with Crippen LogP contribution in [0.15, 0.2) is 90.2 Å². The summed E-state index contributed by atoms with van der Waals surface area (Å²) in [7, 11) is 1.56. The van der Waals surface area contributed by atoms with Crippen molar-refractivity contribution >= 4 is 17.4 Å². The number of rotatable bonds is 7. The molecule has 0 fully saturated rings. The summed E-state index contributed by atoms with van der Waals surface area (Å²) in [5.74, 6) is -0.738. The van der Waals surface area contributed by atoms with Gasteiger partial charge in [-0.3, -0.25) is 14.5 Å². The molecule has 0 bridgehead atoms. The molecule has 1 atom stereocenters. The number of aryl methyl sites for hydroxylation is 1. The molecular weight excluding hydrogens is 438 g/mol. The van der Waals surface area contributed by atoms with E-state index < -0.39 is 17.7 Å². The highest BCUT2D eigenvalue weighted by atomic mass is 16.5. The molecule has 0 aliphatic carbocycles. The maximum atomic E-state index is 13.5. The average molecular weight is 470 g/mol. The van der Waals surface area contributed by atoms with Crippen molar-refractivity contribution in [3.05, 3.63) is 107 Å². The number of hydrogen-bond donors (Lipinski definition) is 1. The van der Waals surface area contributed by atoms with Crippen LogP contribution in [0.3, 0.4) is 0 Å². The monoisotopic (exact) mass is 469 g/mol. The van der Waals surface area contributed by atoms with Gasteiger partial charge in [0.05, 0.1) is 18.7 Å². The zero-order valence-corrected chi connectivity index (χ0v) is 20.6. The van der Waals surface area contributed by atoms with E-state index in [0.29, 0.717) is 17.9 Å². The summed E-state index contributed by atoms with van der Waals surface area (Å²) in [5.41, 5.74) is 3.59. The van der Waals surface area contributed by atoms with Crippen LogP contribution in [0.25, 0.3) is 0 Å². The number of methoxy groups -OCH3 is 1. The van der Waals surface area contributed by atoms with Gasteiger partial charge in [-0.25, -0.2) is 0 Å². The highest BCUT2D eigenvalue weighted by Gasteiger charge is 2.44. The molecule has 5 heteroatoms. The second kappa shape index (κ2) is 9.79. The largest absolute Gasteiger partial charge is 0.503 e. The summed E-state index contributed by atoms with van der Waals surface area (Å²) in [5, 5.41) is 10.9. The van der Waals surface area contributed by atoms with E-state index in [1.54, 1.807) is 31.4 Å². The Morgan fingerprint density at radius 3 is 2.29 bits per heavy atom. The van der Waals surface area contributed by atoms with Crippen molar-refractivity contribution < 1.29 is 19.4 Å². The van der Waals surface area contributed by atoms with E-state index >= 15 is 0 Å². The minimum Gasteiger partial charge on any atom is -0.503 e. The second-order valence-corrected chi connectivity index (χ2v) is 9.82. The van der Waals surface area contributed by atoms with Crippen molar-refractivity contribution in [2.24, 2.45) is 0 Å². The van der Waals surface area contributed by atoms with E-state index in [1.807, 2.05) is 54.6 Å². The van der Waals surface area contributed by atoms with Gasteiger partial charge in [0.15, 0.2) is 11.5 Å². The molecule has 3 aromatic rings. The summed E-state index contributed by atoms with van der Waals surface area (Å²) in [6.45, 7) is 6.40. The van der Waals surface area contributed by atoms with Crippen LogP contribution in [0.2, 0.25) is 0 Å². The van der Waals surface area contributed by atoms with E-state index in [4.69, 9.17) is 4.74 Å². The Labute approximate surface area is 206 Å². The normalized spacial score (nSPS) is 16.1. The van der Waals surface area contributed by atoms with Gasteiger partial charge < -0.3 is 9.84 Å². The molecule has 0 saturated carbocycles. The smallest absolute Gasteiger partial charge is 0.294 e. The molecule has 4 rings (SSSR count). The van der Waals surface area contributed by atoms with Crippen LogP contribution in [0, 0.1) is 0 Å². The molecule has 1 unspecified atom stereocenters. The summed E-state index contributed by atoms with van der Waals surface area (Å²) in [6, 6.07) is 24.0. The number of anilines is 1. The Hall–Kier alpha value is -3.86. The maximum absolute atomic E-state index is 13.5. The summed E-state index contributed by atoms with van der Waals surface area (Å²) in [4.78, 5) is 28.3. The Morgan fingerprint density at radius 2 is 1.66 bits per heavy atom. The number of carbonyl (C=O) groups excluding carboxylic acids is 2. The minimum atomic E-state index is -0.730. The number of aliphatic hydroxyl groups excluding tert-OH is 1. The van der Waals surface area contributed by atoms with Gasteiger partial charge in [-0.1, -0.05) is 81.4 Å². The second-order valence-electron chi connectivity index (χ2n) is 9.82.